The maximum atomic E-state index is 12.0. The summed E-state index contributed by atoms with van der Waals surface area (Å²) in [7, 11) is 0. The van der Waals surface area contributed by atoms with Crippen LogP contribution >= 0.6 is 0 Å². The molecule has 3 fully saturated rings. The van der Waals surface area contributed by atoms with Crippen LogP contribution in [0, 0.1) is 5.92 Å². The van der Waals surface area contributed by atoms with Crippen LogP contribution in [0.25, 0.3) is 0 Å². The third kappa shape index (κ3) is 1.86. The van der Waals surface area contributed by atoms with Gasteiger partial charge in [-0.15, -0.1) is 0 Å². The molecule has 0 aromatic rings. The van der Waals surface area contributed by atoms with Crippen LogP contribution in [0.3, 0.4) is 0 Å². The summed E-state index contributed by atoms with van der Waals surface area (Å²) >= 11 is 0. The average Bonchev–Trinajstić information content (AvgIpc) is 2.92. The molecule has 5 heteroatoms. The van der Waals surface area contributed by atoms with Crippen molar-refractivity contribution in [2.45, 2.75) is 56.6 Å². The average molecular weight is 240 g/mol. The van der Waals surface area contributed by atoms with Crippen molar-refractivity contribution in [3.63, 3.8) is 0 Å². The van der Waals surface area contributed by atoms with Gasteiger partial charge in [-0.05, 0) is 26.2 Å². The van der Waals surface area contributed by atoms with Gasteiger partial charge < -0.3 is 20.5 Å². The van der Waals surface area contributed by atoms with Crippen LogP contribution in [0.15, 0.2) is 0 Å². The van der Waals surface area contributed by atoms with Crippen molar-refractivity contribution >= 4 is 5.91 Å². The summed E-state index contributed by atoms with van der Waals surface area (Å²) in [6, 6.07) is 0.0276. The lowest BCUT2D eigenvalue weighted by atomic mass is 9.72. The molecule has 6 unspecified atom stereocenters. The highest BCUT2D eigenvalue weighted by Gasteiger charge is 2.53. The van der Waals surface area contributed by atoms with Gasteiger partial charge in [-0.1, -0.05) is 0 Å². The molecule has 1 aliphatic carbocycles. The van der Waals surface area contributed by atoms with Gasteiger partial charge in [0.25, 0.3) is 0 Å². The van der Waals surface area contributed by atoms with E-state index in [0.717, 1.165) is 25.9 Å². The molecule has 1 saturated carbocycles. The van der Waals surface area contributed by atoms with E-state index in [9.17, 15) is 4.79 Å². The van der Waals surface area contributed by atoms with Gasteiger partial charge in [0.2, 0.25) is 5.91 Å². The van der Waals surface area contributed by atoms with Crippen LogP contribution in [0.5, 0.6) is 0 Å². The van der Waals surface area contributed by atoms with Crippen molar-refractivity contribution in [2.75, 3.05) is 6.61 Å². The monoisotopic (exact) mass is 240 g/mol. The summed E-state index contributed by atoms with van der Waals surface area (Å²) in [6.45, 7) is 2.77. The molecule has 2 heterocycles. The Morgan fingerprint density at radius 1 is 1.35 bits per heavy atom. The van der Waals surface area contributed by atoms with E-state index in [0.29, 0.717) is 5.92 Å². The van der Waals surface area contributed by atoms with E-state index in [-0.39, 0.29) is 36.3 Å². The van der Waals surface area contributed by atoms with E-state index < -0.39 is 0 Å². The third-order valence-corrected chi connectivity index (χ3v) is 4.28. The van der Waals surface area contributed by atoms with Gasteiger partial charge in [0.1, 0.15) is 6.10 Å². The number of fused-ring (bicyclic) bond motifs is 1. The minimum absolute atomic E-state index is 0.0190. The lowest BCUT2D eigenvalue weighted by molar-refractivity contribution is -0.136. The second-order valence-corrected chi connectivity index (χ2v) is 5.41. The number of nitrogens with one attached hydrogen (secondary N) is 1. The molecule has 17 heavy (non-hydrogen) atoms. The molecule has 0 aromatic heterocycles. The molecule has 3 aliphatic rings. The molecule has 1 amide bonds. The third-order valence-electron chi connectivity index (χ3n) is 4.28. The summed E-state index contributed by atoms with van der Waals surface area (Å²) in [4.78, 5) is 12.0. The fourth-order valence-electron chi connectivity index (χ4n) is 3.18. The standard InChI is InChI=1S/C12H20N2O3/c1-6-2-3-8(17-6)12(15)14-10-9(13)7-4-5-16-11(7)10/h6-11H,2-5,13H2,1H3,(H,14,15). The number of ether oxygens (including phenoxy) is 2. The highest BCUT2D eigenvalue weighted by atomic mass is 16.5. The Morgan fingerprint density at radius 2 is 2.18 bits per heavy atom. The molecule has 6 atom stereocenters. The second-order valence-electron chi connectivity index (χ2n) is 5.41. The summed E-state index contributed by atoms with van der Waals surface area (Å²) in [6.07, 6.45) is 2.82. The molecule has 0 radical (unpaired) electrons. The number of carbonyl (C=O) groups excluding carboxylic acids is 1. The quantitative estimate of drug-likeness (QED) is 0.700. The van der Waals surface area contributed by atoms with Crippen LogP contribution in [-0.4, -0.2) is 42.9 Å². The van der Waals surface area contributed by atoms with Crippen LogP contribution < -0.4 is 11.1 Å². The van der Waals surface area contributed by atoms with E-state index in [1.54, 1.807) is 0 Å². The minimum Gasteiger partial charge on any atom is -0.376 e. The zero-order valence-corrected chi connectivity index (χ0v) is 10.1. The molecular formula is C12H20N2O3. The Morgan fingerprint density at radius 3 is 2.88 bits per heavy atom. The summed E-state index contributed by atoms with van der Waals surface area (Å²) in [5.74, 6) is 0.410. The van der Waals surface area contributed by atoms with Crippen LogP contribution in [0.2, 0.25) is 0 Å². The fraction of sp³-hybridized carbons (Fsp3) is 0.917. The molecule has 96 valence electrons. The van der Waals surface area contributed by atoms with Crippen molar-refractivity contribution in [1.29, 1.82) is 0 Å². The molecule has 0 spiro atoms. The van der Waals surface area contributed by atoms with Gasteiger partial charge in [-0.25, -0.2) is 0 Å². The van der Waals surface area contributed by atoms with Crippen LogP contribution in [-0.2, 0) is 14.3 Å². The number of hydrogen-bond acceptors (Lipinski definition) is 4. The largest absolute Gasteiger partial charge is 0.376 e. The van der Waals surface area contributed by atoms with Gasteiger partial charge >= 0.3 is 0 Å². The molecule has 3 rings (SSSR count). The number of hydrogen-bond donors (Lipinski definition) is 2. The maximum absolute atomic E-state index is 12.0. The van der Waals surface area contributed by atoms with Gasteiger partial charge in [0, 0.05) is 18.6 Å². The Bertz CT molecular complexity index is 323. The lowest BCUT2D eigenvalue weighted by Gasteiger charge is -2.45. The van der Waals surface area contributed by atoms with Crippen molar-refractivity contribution in [1.82, 2.24) is 5.32 Å². The van der Waals surface area contributed by atoms with Gasteiger partial charge in [0.05, 0.1) is 18.2 Å². The normalized spacial score (nSPS) is 48.6. The van der Waals surface area contributed by atoms with E-state index >= 15 is 0 Å². The van der Waals surface area contributed by atoms with Crippen molar-refractivity contribution in [3.05, 3.63) is 0 Å². The maximum Gasteiger partial charge on any atom is 0.249 e. The Hall–Kier alpha value is -0.650. The topological polar surface area (TPSA) is 73.6 Å². The van der Waals surface area contributed by atoms with Crippen molar-refractivity contribution < 1.29 is 14.3 Å². The summed E-state index contributed by atoms with van der Waals surface area (Å²) in [5, 5.41) is 2.99. The first-order valence-corrected chi connectivity index (χ1v) is 6.50. The zero-order chi connectivity index (χ0) is 12.0. The van der Waals surface area contributed by atoms with Gasteiger partial charge in [-0.2, -0.15) is 0 Å². The van der Waals surface area contributed by atoms with E-state index in [1.165, 1.54) is 0 Å². The Labute approximate surface area is 101 Å². The van der Waals surface area contributed by atoms with Crippen LogP contribution in [0.4, 0.5) is 0 Å². The van der Waals surface area contributed by atoms with Gasteiger partial charge in [-0.3, -0.25) is 4.79 Å². The van der Waals surface area contributed by atoms with E-state index in [1.807, 2.05) is 6.92 Å². The van der Waals surface area contributed by atoms with Crippen molar-refractivity contribution in [3.8, 4) is 0 Å². The molecule has 2 aliphatic heterocycles. The predicted octanol–water partition coefficient (Wildman–Crippen LogP) is -0.215. The SMILES string of the molecule is CC1CCC(C(=O)NC2C(N)C3CCOC32)O1. The molecular weight excluding hydrogens is 220 g/mol. The number of carbonyl (C=O) groups is 1. The molecule has 0 bridgehead atoms. The molecule has 0 aromatic carbocycles. The smallest absolute Gasteiger partial charge is 0.249 e. The highest BCUT2D eigenvalue weighted by molar-refractivity contribution is 5.81. The van der Waals surface area contributed by atoms with Crippen LogP contribution in [0.1, 0.15) is 26.2 Å². The zero-order valence-electron chi connectivity index (χ0n) is 10.1. The molecule has 3 N–H and O–H groups in total. The number of amides is 1. The minimum atomic E-state index is -0.294. The number of rotatable bonds is 2. The summed E-state index contributed by atoms with van der Waals surface area (Å²) in [5.41, 5.74) is 6.05. The van der Waals surface area contributed by atoms with Crippen molar-refractivity contribution in [2.24, 2.45) is 11.7 Å². The lowest BCUT2D eigenvalue weighted by Crippen LogP contribution is -2.69. The number of nitrogens with two attached hydrogens (primary N) is 1. The van der Waals surface area contributed by atoms with E-state index in [4.69, 9.17) is 15.2 Å². The molecule has 5 nitrogen and oxygen atoms in total. The first kappa shape index (κ1) is 11.4. The van der Waals surface area contributed by atoms with E-state index in [2.05, 4.69) is 5.32 Å². The second kappa shape index (κ2) is 4.23. The Balaban J connectivity index is 1.55. The summed E-state index contributed by atoms with van der Waals surface area (Å²) < 4.78 is 11.1. The highest BCUT2D eigenvalue weighted by Crippen LogP contribution is 2.37. The fourth-order valence-corrected chi connectivity index (χ4v) is 3.18. The Kier molecular flexibility index (Phi) is 2.84. The predicted molar refractivity (Wildman–Crippen MR) is 61.3 cm³/mol. The first-order valence-electron chi connectivity index (χ1n) is 6.50. The van der Waals surface area contributed by atoms with Gasteiger partial charge in [0.15, 0.2) is 0 Å². The first-order chi connectivity index (χ1) is 8.16. The molecule has 2 saturated heterocycles.